The zero-order chi connectivity index (χ0) is 12.9. The van der Waals surface area contributed by atoms with Gasteiger partial charge in [0.25, 0.3) is 5.56 Å². The second-order valence-corrected chi connectivity index (χ2v) is 5.78. The maximum Gasteiger partial charge on any atom is 0.342 e. The van der Waals surface area contributed by atoms with Gasteiger partial charge in [-0.25, -0.2) is 9.78 Å². The molecule has 3 rings (SSSR count). The molecule has 18 heavy (non-hydrogen) atoms. The fraction of sp³-hybridized carbons (Fsp3) is 0.417. The molecule has 0 saturated heterocycles. The second kappa shape index (κ2) is 3.91. The standard InChI is InChI=1S/C12H12N2O3S/c1-6-2-3-9-8(4-6)14-10(15)7(11(16)17)5-13-12(14)18-9/h5-6H,2-4H2,1H3,(H,16,17). The van der Waals surface area contributed by atoms with Crippen molar-refractivity contribution in [2.24, 2.45) is 5.92 Å². The number of thiazole rings is 1. The van der Waals surface area contributed by atoms with E-state index in [0.717, 1.165) is 31.2 Å². The Bertz CT molecular complexity index is 701. The molecule has 1 unspecified atom stereocenters. The highest BCUT2D eigenvalue weighted by Gasteiger charge is 2.23. The van der Waals surface area contributed by atoms with Crippen molar-refractivity contribution < 1.29 is 9.90 Å². The summed E-state index contributed by atoms with van der Waals surface area (Å²) >= 11 is 1.50. The third-order valence-electron chi connectivity index (χ3n) is 3.37. The zero-order valence-corrected chi connectivity index (χ0v) is 10.7. The molecule has 0 aromatic carbocycles. The fourth-order valence-electron chi connectivity index (χ4n) is 2.40. The minimum Gasteiger partial charge on any atom is -0.477 e. The topological polar surface area (TPSA) is 71.7 Å². The van der Waals surface area contributed by atoms with Gasteiger partial charge >= 0.3 is 5.97 Å². The number of hydrogen-bond donors (Lipinski definition) is 1. The number of nitrogens with zero attached hydrogens (tertiary/aromatic N) is 2. The molecule has 0 saturated carbocycles. The number of carbonyl (C=O) groups is 1. The fourth-order valence-corrected chi connectivity index (χ4v) is 3.52. The van der Waals surface area contributed by atoms with Gasteiger partial charge in [0.15, 0.2) is 4.96 Å². The average molecular weight is 264 g/mol. The van der Waals surface area contributed by atoms with Gasteiger partial charge in [-0.15, -0.1) is 11.3 Å². The summed E-state index contributed by atoms with van der Waals surface area (Å²) in [4.78, 5) is 29.0. The van der Waals surface area contributed by atoms with Crippen LogP contribution in [0.15, 0.2) is 11.0 Å². The first-order chi connectivity index (χ1) is 8.58. The second-order valence-electron chi connectivity index (χ2n) is 4.72. The van der Waals surface area contributed by atoms with Crippen molar-refractivity contribution in [3.05, 3.63) is 32.7 Å². The molecule has 1 aliphatic carbocycles. The number of rotatable bonds is 1. The first kappa shape index (κ1) is 11.4. The normalized spacial score (nSPS) is 18.8. The van der Waals surface area contributed by atoms with Crippen LogP contribution in [0.5, 0.6) is 0 Å². The number of aromatic carboxylic acids is 1. The van der Waals surface area contributed by atoms with Crippen LogP contribution in [0.4, 0.5) is 0 Å². The van der Waals surface area contributed by atoms with Crippen LogP contribution in [0.2, 0.25) is 0 Å². The average Bonchev–Trinajstić information content (AvgIpc) is 2.67. The van der Waals surface area contributed by atoms with E-state index in [1.165, 1.54) is 20.6 Å². The van der Waals surface area contributed by atoms with E-state index in [1.54, 1.807) is 0 Å². The van der Waals surface area contributed by atoms with Gasteiger partial charge in [-0.05, 0) is 25.2 Å². The molecule has 94 valence electrons. The van der Waals surface area contributed by atoms with Gasteiger partial charge in [0.05, 0.1) is 6.20 Å². The minimum atomic E-state index is -1.22. The molecule has 2 aromatic heterocycles. The van der Waals surface area contributed by atoms with Crippen LogP contribution in [0.1, 0.15) is 34.3 Å². The molecular weight excluding hydrogens is 252 g/mol. The maximum atomic E-state index is 12.2. The number of fused-ring (bicyclic) bond motifs is 3. The number of carboxylic acids is 1. The highest BCUT2D eigenvalue weighted by atomic mass is 32.1. The van der Waals surface area contributed by atoms with Gasteiger partial charge in [0.1, 0.15) is 5.56 Å². The van der Waals surface area contributed by atoms with Crippen molar-refractivity contribution in [3.63, 3.8) is 0 Å². The van der Waals surface area contributed by atoms with Crippen LogP contribution >= 0.6 is 11.3 Å². The van der Waals surface area contributed by atoms with Gasteiger partial charge in [-0.3, -0.25) is 9.20 Å². The molecular formula is C12H12N2O3S. The highest BCUT2D eigenvalue weighted by molar-refractivity contribution is 7.17. The number of carboxylic acid groups (broad SMARTS) is 1. The van der Waals surface area contributed by atoms with Gasteiger partial charge in [0, 0.05) is 10.6 Å². The quantitative estimate of drug-likeness (QED) is 0.848. The lowest BCUT2D eigenvalue weighted by Crippen LogP contribution is -2.25. The molecule has 0 spiro atoms. The summed E-state index contributed by atoms with van der Waals surface area (Å²) in [5.41, 5.74) is 0.236. The predicted octanol–water partition coefficient (Wildman–Crippen LogP) is 1.58. The van der Waals surface area contributed by atoms with Crippen LogP contribution in [-0.2, 0) is 12.8 Å². The molecule has 2 heterocycles. The Morgan fingerprint density at radius 1 is 1.61 bits per heavy atom. The predicted molar refractivity (Wildman–Crippen MR) is 67.5 cm³/mol. The number of aromatic nitrogens is 2. The maximum absolute atomic E-state index is 12.2. The van der Waals surface area contributed by atoms with Gasteiger partial charge in [-0.1, -0.05) is 6.92 Å². The Hall–Kier alpha value is -1.69. The molecule has 1 atom stereocenters. The summed E-state index contributed by atoms with van der Waals surface area (Å²) in [5, 5.41) is 8.97. The van der Waals surface area contributed by atoms with Crippen molar-refractivity contribution in [1.29, 1.82) is 0 Å². The van der Waals surface area contributed by atoms with E-state index in [9.17, 15) is 9.59 Å². The molecule has 0 radical (unpaired) electrons. The van der Waals surface area contributed by atoms with Crippen LogP contribution < -0.4 is 5.56 Å². The molecule has 0 bridgehead atoms. The molecule has 5 nitrogen and oxygen atoms in total. The Kier molecular flexibility index (Phi) is 2.48. The van der Waals surface area contributed by atoms with E-state index in [1.807, 2.05) is 0 Å². The minimum absolute atomic E-state index is 0.258. The molecule has 2 aromatic rings. The summed E-state index contributed by atoms with van der Waals surface area (Å²) in [6.07, 6.45) is 4.04. The number of hydrogen-bond acceptors (Lipinski definition) is 4. The summed E-state index contributed by atoms with van der Waals surface area (Å²) in [5.74, 6) is -0.693. The summed E-state index contributed by atoms with van der Waals surface area (Å²) in [7, 11) is 0. The Balaban J connectivity index is 2.34. The largest absolute Gasteiger partial charge is 0.477 e. The lowest BCUT2D eigenvalue weighted by Gasteiger charge is -2.17. The van der Waals surface area contributed by atoms with Crippen LogP contribution in [0.3, 0.4) is 0 Å². The van der Waals surface area contributed by atoms with E-state index in [4.69, 9.17) is 5.11 Å². The zero-order valence-electron chi connectivity index (χ0n) is 9.84. The third kappa shape index (κ3) is 1.56. The van der Waals surface area contributed by atoms with Crippen molar-refractivity contribution in [2.45, 2.75) is 26.2 Å². The molecule has 0 amide bonds. The Morgan fingerprint density at radius 2 is 2.39 bits per heavy atom. The van der Waals surface area contributed by atoms with Crippen molar-refractivity contribution in [3.8, 4) is 0 Å². The monoisotopic (exact) mass is 264 g/mol. The molecule has 0 aliphatic heterocycles. The van der Waals surface area contributed by atoms with Gasteiger partial charge in [-0.2, -0.15) is 0 Å². The summed E-state index contributed by atoms with van der Waals surface area (Å²) in [6, 6.07) is 0. The summed E-state index contributed by atoms with van der Waals surface area (Å²) in [6.45, 7) is 2.14. The SMILES string of the molecule is CC1CCc2sc3ncc(C(=O)O)c(=O)n3c2C1. The summed E-state index contributed by atoms with van der Waals surface area (Å²) < 4.78 is 1.49. The third-order valence-corrected chi connectivity index (χ3v) is 4.53. The van der Waals surface area contributed by atoms with Crippen LogP contribution in [0.25, 0.3) is 4.96 Å². The lowest BCUT2D eigenvalue weighted by atomic mass is 9.92. The first-order valence-electron chi connectivity index (χ1n) is 5.83. The van der Waals surface area contributed by atoms with Crippen molar-refractivity contribution in [2.75, 3.05) is 0 Å². The van der Waals surface area contributed by atoms with Gasteiger partial charge in [0.2, 0.25) is 0 Å². The van der Waals surface area contributed by atoms with E-state index in [2.05, 4.69) is 11.9 Å². The Labute approximate surface area is 107 Å². The smallest absolute Gasteiger partial charge is 0.342 e. The molecule has 6 heteroatoms. The van der Waals surface area contributed by atoms with Crippen molar-refractivity contribution in [1.82, 2.24) is 9.38 Å². The van der Waals surface area contributed by atoms with E-state index < -0.39 is 11.5 Å². The molecule has 0 fully saturated rings. The van der Waals surface area contributed by atoms with E-state index in [0.29, 0.717) is 10.9 Å². The van der Waals surface area contributed by atoms with Crippen LogP contribution in [0, 0.1) is 5.92 Å². The Morgan fingerprint density at radius 3 is 3.11 bits per heavy atom. The highest BCUT2D eigenvalue weighted by Crippen LogP contribution is 2.30. The van der Waals surface area contributed by atoms with Crippen LogP contribution in [-0.4, -0.2) is 20.5 Å². The van der Waals surface area contributed by atoms with Gasteiger partial charge < -0.3 is 5.11 Å². The number of aryl methyl sites for hydroxylation is 1. The molecule has 1 N–H and O–H groups in total. The first-order valence-corrected chi connectivity index (χ1v) is 6.65. The lowest BCUT2D eigenvalue weighted by molar-refractivity contribution is 0.0694. The van der Waals surface area contributed by atoms with E-state index in [-0.39, 0.29) is 5.56 Å². The van der Waals surface area contributed by atoms with E-state index >= 15 is 0 Å². The van der Waals surface area contributed by atoms with Crippen molar-refractivity contribution >= 4 is 22.3 Å². The molecule has 1 aliphatic rings.